The molecule has 1 aliphatic rings. The van der Waals surface area contributed by atoms with Gasteiger partial charge in [0.2, 0.25) is 15.9 Å². The summed E-state index contributed by atoms with van der Waals surface area (Å²) in [7, 11) is -3.61. The summed E-state index contributed by atoms with van der Waals surface area (Å²) in [6.45, 7) is 0.489. The zero-order chi connectivity index (χ0) is 17.4. The lowest BCUT2D eigenvalue weighted by atomic mass is 10.2. The van der Waals surface area contributed by atoms with E-state index in [9.17, 15) is 12.8 Å². The summed E-state index contributed by atoms with van der Waals surface area (Å²) in [5, 5.41) is 1.02. The summed E-state index contributed by atoms with van der Waals surface area (Å²) in [5.74, 6) is 0.00804. The minimum absolute atomic E-state index is 0.0798. The van der Waals surface area contributed by atoms with Gasteiger partial charge in [-0.15, -0.1) is 0 Å². The Labute approximate surface area is 144 Å². The molecule has 0 aliphatic carbocycles. The second-order valence-electron chi connectivity index (χ2n) is 5.86. The number of rotatable bonds is 4. The van der Waals surface area contributed by atoms with E-state index < -0.39 is 15.8 Å². The van der Waals surface area contributed by atoms with E-state index in [4.69, 9.17) is 4.74 Å². The quantitative estimate of drug-likeness (QED) is 0.720. The minimum Gasteiger partial charge on any atom is -0.472 e. The van der Waals surface area contributed by atoms with Crippen LogP contribution in [0.5, 0.6) is 5.88 Å². The molecule has 0 atom stereocenters. The summed E-state index contributed by atoms with van der Waals surface area (Å²) in [4.78, 5) is 4.50. The highest BCUT2D eigenvalue weighted by molar-refractivity contribution is 7.89. The van der Waals surface area contributed by atoms with Crippen LogP contribution in [0.3, 0.4) is 0 Å². The maximum Gasteiger partial charge on any atom is 0.243 e. The van der Waals surface area contributed by atoms with Crippen molar-refractivity contribution in [3.05, 3.63) is 66.5 Å². The molecule has 2 heterocycles. The van der Waals surface area contributed by atoms with Gasteiger partial charge in [0.1, 0.15) is 11.9 Å². The van der Waals surface area contributed by atoms with Crippen LogP contribution in [0.25, 0.3) is 10.9 Å². The largest absolute Gasteiger partial charge is 0.472 e. The number of aromatic nitrogens is 1. The van der Waals surface area contributed by atoms with Gasteiger partial charge in [0.05, 0.1) is 23.5 Å². The van der Waals surface area contributed by atoms with Gasteiger partial charge in [-0.3, -0.25) is 0 Å². The molecule has 0 radical (unpaired) electrons. The zero-order valence-corrected chi connectivity index (χ0v) is 14.0. The molecule has 0 unspecified atom stereocenters. The molecule has 0 amide bonds. The number of hydrogen-bond acceptors (Lipinski definition) is 4. The molecule has 0 spiro atoms. The normalized spacial score (nSPS) is 15.9. The highest BCUT2D eigenvalue weighted by Gasteiger charge is 2.38. The van der Waals surface area contributed by atoms with Crippen LogP contribution in [0.2, 0.25) is 0 Å². The Kier molecular flexibility index (Phi) is 3.89. The Bertz CT molecular complexity index is 1020. The average Bonchev–Trinajstić information content (AvgIpc) is 2.58. The molecular weight excluding hydrogens is 343 g/mol. The predicted octanol–water partition coefficient (Wildman–Crippen LogP) is 2.83. The van der Waals surface area contributed by atoms with Crippen LogP contribution >= 0.6 is 0 Å². The van der Waals surface area contributed by atoms with Gasteiger partial charge >= 0.3 is 0 Å². The molecule has 1 aliphatic heterocycles. The fourth-order valence-corrected chi connectivity index (χ4v) is 4.21. The molecule has 0 saturated carbocycles. The van der Waals surface area contributed by atoms with Crippen molar-refractivity contribution in [2.24, 2.45) is 0 Å². The second-order valence-corrected chi connectivity index (χ2v) is 7.80. The molecule has 1 aromatic heterocycles. The fourth-order valence-electron chi connectivity index (χ4n) is 2.71. The lowest BCUT2D eigenvalue weighted by molar-refractivity contribution is 0.0724. The number of para-hydroxylation sites is 1. The van der Waals surface area contributed by atoms with Crippen LogP contribution in [-0.4, -0.2) is 36.9 Å². The number of benzene rings is 2. The smallest absolute Gasteiger partial charge is 0.243 e. The van der Waals surface area contributed by atoms with Crippen molar-refractivity contribution in [1.82, 2.24) is 9.29 Å². The summed E-state index contributed by atoms with van der Waals surface area (Å²) >= 11 is 0. The van der Waals surface area contributed by atoms with E-state index in [-0.39, 0.29) is 24.1 Å². The summed E-state index contributed by atoms with van der Waals surface area (Å²) in [6.07, 6.45) is -0.246. The van der Waals surface area contributed by atoms with Gasteiger partial charge < -0.3 is 4.74 Å². The van der Waals surface area contributed by atoms with Crippen molar-refractivity contribution in [2.75, 3.05) is 13.1 Å². The van der Waals surface area contributed by atoms with Crippen LogP contribution in [0.4, 0.5) is 4.39 Å². The first-order chi connectivity index (χ1) is 12.0. The zero-order valence-electron chi connectivity index (χ0n) is 13.2. The third-order valence-electron chi connectivity index (χ3n) is 4.13. The van der Waals surface area contributed by atoms with Crippen molar-refractivity contribution < 1.29 is 17.5 Å². The van der Waals surface area contributed by atoms with E-state index in [0.29, 0.717) is 5.88 Å². The summed E-state index contributed by atoms with van der Waals surface area (Å²) in [6, 6.07) is 16.2. The fraction of sp³-hybridized carbons (Fsp3) is 0.167. The van der Waals surface area contributed by atoms with E-state index in [0.717, 1.165) is 23.0 Å². The van der Waals surface area contributed by atoms with Gasteiger partial charge in [0.25, 0.3) is 0 Å². The standard InChI is InChI=1S/C18H15FN2O3S/c19-14-6-8-16(9-7-14)25(22,23)21-11-15(12-21)24-18-10-5-13-3-1-2-4-17(13)20-18/h1-10,15H,11-12H2. The minimum atomic E-state index is -3.61. The van der Waals surface area contributed by atoms with Crippen LogP contribution < -0.4 is 4.74 Å². The van der Waals surface area contributed by atoms with E-state index in [1.54, 1.807) is 6.07 Å². The molecule has 2 aromatic carbocycles. The van der Waals surface area contributed by atoms with Crippen molar-refractivity contribution in [3.8, 4) is 5.88 Å². The van der Waals surface area contributed by atoms with Crippen LogP contribution in [0, 0.1) is 5.82 Å². The van der Waals surface area contributed by atoms with E-state index >= 15 is 0 Å². The molecule has 5 nitrogen and oxygen atoms in total. The number of hydrogen-bond donors (Lipinski definition) is 0. The third-order valence-corrected chi connectivity index (χ3v) is 5.97. The molecule has 1 saturated heterocycles. The average molecular weight is 358 g/mol. The van der Waals surface area contributed by atoms with Crippen molar-refractivity contribution in [3.63, 3.8) is 0 Å². The Morgan fingerprint density at radius 1 is 1.00 bits per heavy atom. The van der Waals surface area contributed by atoms with Gasteiger partial charge in [-0.25, -0.2) is 17.8 Å². The second kappa shape index (κ2) is 6.09. The highest BCUT2D eigenvalue weighted by atomic mass is 32.2. The lowest BCUT2D eigenvalue weighted by Crippen LogP contribution is -2.56. The molecule has 1 fully saturated rings. The van der Waals surface area contributed by atoms with E-state index in [2.05, 4.69) is 4.98 Å². The molecule has 3 aromatic rings. The summed E-state index contributed by atoms with van der Waals surface area (Å²) in [5.41, 5.74) is 0.829. The molecule has 4 rings (SSSR count). The third kappa shape index (κ3) is 3.08. The number of fused-ring (bicyclic) bond motifs is 1. The Hall–Kier alpha value is -2.51. The topological polar surface area (TPSA) is 59.5 Å². The highest BCUT2D eigenvalue weighted by Crippen LogP contribution is 2.25. The Morgan fingerprint density at radius 3 is 2.48 bits per heavy atom. The molecule has 7 heteroatoms. The molecule has 128 valence electrons. The Morgan fingerprint density at radius 2 is 1.72 bits per heavy atom. The van der Waals surface area contributed by atoms with Crippen molar-refractivity contribution >= 4 is 20.9 Å². The van der Waals surface area contributed by atoms with Crippen LogP contribution in [-0.2, 0) is 10.0 Å². The van der Waals surface area contributed by atoms with Crippen LogP contribution in [0.15, 0.2) is 65.6 Å². The number of sulfonamides is 1. The maximum absolute atomic E-state index is 13.0. The first kappa shape index (κ1) is 16.0. The molecular formula is C18H15FN2O3S. The number of halogens is 1. The van der Waals surface area contributed by atoms with Crippen molar-refractivity contribution in [1.29, 1.82) is 0 Å². The maximum atomic E-state index is 13.0. The number of nitrogens with zero attached hydrogens (tertiary/aromatic N) is 2. The molecule has 0 N–H and O–H groups in total. The van der Waals surface area contributed by atoms with Gasteiger partial charge in [-0.2, -0.15) is 4.31 Å². The van der Waals surface area contributed by atoms with Crippen LogP contribution in [0.1, 0.15) is 0 Å². The monoisotopic (exact) mass is 358 g/mol. The first-order valence-corrected chi connectivity index (χ1v) is 9.24. The van der Waals surface area contributed by atoms with Gasteiger partial charge in [-0.1, -0.05) is 18.2 Å². The first-order valence-electron chi connectivity index (χ1n) is 7.80. The SMILES string of the molecule is O=S(=O)(c1ccc(F)cc1)N1CC(Oc2ccc3ccccc3n2)C1. The lowest BCUT2D eigenvalue weighted by Gasteiger charge is -2.37. The van der Waals surface area contributed by atoms with Crippen molar-refractivity contribution in [2.45, 2.75) is 11.0 Å². The van der Waals surface area contributed by atoms with Gasteiger partial charge in [-0.05, 0) is 36.4 Å². The van der Waals surface area contributed by atoms with Gasteiger partial charge in [0, 0.05) is 11.5 Å². The number of pyridine rings is 1. The molecule has 0 bridgehead atoms. The predicted molar refractivity (Wildman–Crippen MR) is 91.3 cm³/mol. The van der Waals surface area contributed by atoms with Gasteiger partial charge in [0.15, 0.2) is 0 Å². The van der Waals surface area contributed by atoms with E-state index in [1.807, 2.05) is 30.3 Å². The number of ether oxygens (including phenoxy) is 1. The molecule has 25 heavy (non-hydrogen) atoms. The summed E-state index contributed by atoms with van der Waals surface area (Å²) < 4.78 is 44.9. The van der Waals surface area contributed by atoms with E-state index in [1.165, 1.54) is 16.4 Å². The Balaban J connectivity index is 1.43.